The Balaban J connectivity index is 0.00000324. The number of nitrogens with two attached hydrogens (primary N) is 1. The summed E-state index contributed by atoms with van der Waals surface area (Å²) in [5.41, 5.74) is 6.91. The smallest absolute Gasteiger partial charge is 0.251 e. The monoisotopic (exact) mass is 377 g/mol. The predicted octanol–water partition coefficient (Wildman–Crippen LogP) is 2.35. The minimum atomic E-state index is -0.0328. The summed E-state index contributed by atoms with van der Waals surface area (Å²) in [5.74, 6) is -0.0328. The zero-order valence-electron chi connectivity index (χ0n) is 11.7. The zero-order valence-corrected chi connectivity index (χ0v) is 14.0. The highest BCUT2D eigenvalue weighted by atomic mass is 127. The van der Waals surface area contributed by atoms with E-state index >= 15 is 0 Å². The standard InChI is InChI=1S/C14H23N3O.HI/c1-3-17(4-2)11-5-10-16-14(18)12-6-8-13(15)9-7-12;/h6-9H,3-5,10-11,15H2,1-2H3,(H,16,18);1H. The van der Waals surface area contributed by atoms with E-state index in [1.807, 2.05) is 0 Å². The number of nitrogen functional groups attached to an aromatic ring is 1. The van der Waals surface area contributed by atoms with E-state index in [0.29, 0.717) is 17.8 Å². The van der Waals surface area contributed by atoms with Crippen molar-refractivity contribution in [3.8, 4) is 0 Å². The van der Waals surface area contributed by atoms with Crippen molar-refractivity contribution < 1.29 is 4.79 Å². The highest BCUT2D eigenvalue weighted by Crippen LogP contribution is 2.05. The Labute approximate surface area is 132 Å². The third-order valence-electron chi connectivity index (χ3n) is 3.00. The van der Waals surface area contributed by atoms with Gasteiger partial charge >= 0.3 is 0 Å². The van der Waals surface area contributed by atoms with E-state index in [-0.39, 0.29) is 29.9 Å². The van der Waals surface area contributed by atoms with Crippen molar-refractivity contribution in [1.82, 2.24) is 10.2 Å². The molecule has 0 bridgehead atoms. The van der Waals surface area contributed by atoms with E-state index < -0.39 is 0 Å². The lowest BCUT2D eigenvalue weighted by Crippen LogP contribution is -2.29. The first-order chi connectivity index (χ1) is 8.67. The van der Waals surface area contributed by atoms with Crippen molar-refractivity contribution in [2.24, 2.45) is 0 Å². The average Bonchev–Trinajstić information content (AvgIpc) is 2.39. The molecule has 108 valence electrons. The van der Waals surface area contributed by atoms with Gasteiger partial charge in [0.05, 0.1) is 0 Å². The molecule has 0 saturated carbocycles. The van der Waals surface area contributed by atoms with Gasteiger partial charge in [-0.2, -0.15) is 0 Å². The van der Waals surface area contributed by atoms with E-state index in [1.54, 1.807) is 24.3 Å². The van der Waals surface area contributed by atoms with Crippen LogP contribution in [0.15, 0.2) is 24.3 Å². The predicted molar refractivity (Wildman–Crippen MR) is 91.0 cm³/mol. The zero-order chi connectivity index (χ0) is 13.4. The second-order valence-electron chi connectivity index (χ2n) is 4.26. The Hall–Kier alpha value is -0.820. The van der Waals surface area contributed by atoms with Gasteiger partial charge in [0.15, 0.2) is 0 Å². The Morgan fingerprint density at radius 2 is 1.79 bits per heavy atom. The largest absolute Gasteiger partial charge is 0.399 e. The van der Waals surface area contributed by atoms with Gasteiger partial charge in [0, 0.05) is 17.8 Å². The van der Waals surface area contributed by atoms with E-state index in [4.69, 9.17) is 5.73 Å². The number of halogens is 1. The molecule has 5 heteroatoms. The fourth-order valence-corrected chi connectivity index (χ4v) is 1.78. The van der Waals surface area contributed by atoms with Crippen LogP contribution in [0.1, 0.15) is 30.6 Å². The molecule has 1 amide bonds. The van der Waals surface area contributed by atoms with Gasteiger partial charge in [-0.3, -0.25) is 4.79 Å². The van der Waals surface area contributed by atoms with Crippen LogP contribution in [-0.2, 0) is 0 Å². The second-order valence-corrected chi connectivity index (χ2v) is 4.26. The molecule has 0 radical (unpaired) electrons. The molecule has 0 aliphatic heterocycles. The molecule has 0 atom stereocenters. The first-order valence-electron chi connectivity index (χ1n) is 6.53. The SMILES string of the molecule is CCN(CC)CCCNC(=O)c1ccc(N)cc1.I. The lowest BCUT2D eigenvalue weighted by Gasteiger charge is -2.17. The molecular formula is C14H24IN3O. The van der Waals surface area contributed by atoms with Crippen LogP contribution in [-0.4, -0.2) is 37.0 Å². The summed E-state index contributed by atoms with van der Waals surface area (Å²) in [6, 6.07) is 6.97. The van der Waals surface area contributed by atoms with Gasteiger partial charge in [-0.1, -0.05) is 13.8 Å². The number of rotatable bonds is 7. The Morgan fingerprint density at radius 3 is 2.32 bits per heavy atom. The number of carbonyl (C=O) groups is 1. The summed E-state index contributed by atoms with van der Waals surface area (Å²) >= 11 is 0. The fraction of sp³-hybridized carbons (Fsp3) is 0.500. The maximum Gasteiger partial charge on any atom is 0.251 e. The highest BCUT2D eigenvalue weighted by Gasteiger charge is 2.04. The van der Waals surface area contributed by atoms with Crippen molar-refractivity contribution in [3.63, 3.8) is 0 Å². The molecule has 0 unspecified atom stereocenters. The number of benzene rings is 1. The molecule has 0 aliphatic rings. The molecule has 19 heavy (non-hydrogen) atoms. The average molecular weight is 377 g/mol. The molecule has 1 aromatic rings. The third-order valence-corrected chi connectivity index (χ3v) is 3.00. The van der Waals surface area contributed by atoms with Crippen LogP contribution in [0.4, 0.5) is 5.69 Å². The molecule has 1 rings (SSSR count). The summed E-state index contributed by atoms with van der Waals surface area (Å²) in [6.45, 7) is 8.15. The summed E-state index contributed by atoms with van der Waals surface area (Å²) in [7, 11) is 0. The summed E-state index contributed by atoms with van der Waals surface area (Å²) < 4.78 is 0. The van der Waals surface area contributed by atoms with Gasteiger partial charge in [-0.25, -0.2) is 0 Å². The fourth-order valence-electron chi connectivity index (χ4n) is 1.78. The van der Waals surface area contributed by atoms with Gasteiger partial charge < -0.3 is 16.0 Å². The number of amides is 1. The van der Waals surface area contributed by atoms with Gasteiger partial charge in [0.2, 0.25) is 0 Å². The Kier molecular flexibility index (Phi) is 9.59. The van der Waals surface area contributed by atoms with Crippen molar-refractivity contribution in [3.05, 3.63) is 29.8 Å². The van der Waals surface area contributed by atoms with Gasteiger partial charge in [0.25, 0.3) is 5.91 Å². The first-order valence-corrected chi connectivity index (χ1v) is 6.53. The molecule has 4 nitrogen and oxygen atoms in total. The number of hydrogen-bond acceptors (Lipinski definition) is 3. The molecule has 0 aliphatic carbocycles. The topological polar surface area (TPSA) is 58.4 Å². The molecule has 0 aromatic heterocycles. The molecule has 0 saturated heterocycles. The normalized spacial score (nSPS) is 10.1. The molecule has 0 fully saturated rings. The Morgan fingerprint density at radius 1 is 1.21 bits per heavy atom. The minimum absolute atomic E-state index is 0. The van der Waals surface area contributed by atoms with E-state index in [0.717, 1.165) is 26.1 Å². The first kappa shape index (κ1) is 18.2. The van der Waals surface area contributed by atoms with Crippen LogP contribution in [0.3, 0.4) is 0 Å². The summed E-state index contributed by atoms with van der Waals surface area (Å²) in [5, 5.41) is 2.92. The number of anilines is 1. The Bertz CT molecular complexity index is 363. The number of carbonyl (C=O) groups excluding carboxylic acids is 1. The van der Waals surface area contributed by atoms with E-state index in [1.165, 1.54) is 0 Å². The number of hydrogen-bond donors (Lipinski definition) is 2. The minimum Gasteiger partial charge on any atom is -0.399 e. The van der Waals surface area contributed by atoms with Crippen LogP contribution < -0.4 is 11.1 Å². The highest BCUT2D eigenvalue weighted by molar-refractivity contribution is 14.0. The summed E-state index contributed by atoms with van der Waals surface area (Å²) in [4.78, 5) is 14.1. The molecular weight excluding hydrogens is 353 g/mol. The third kappa shape index (κ3) is 6.77. The number of nitrogens with zero attached hydrogens (tertiary/aromatic N) is 1. The lowest BCUT2D eigenvalue weighted by atomic mass is 10.2. The van der Waals surface area contributed by atoms with Crippen LogP contribution in [0, 0.1) is 0 Å². The second kappa shape index (κ2) is 10.0. The van der Waals surface area contributed by atoms with Gasteiger partial charge in [0.1, 0.15) is 0 Å². The van der Waals surface area contributed by atoms with Crippen molar-refractivity contribution in [2.75, 3.05) is 31.9 Å². The number of nitrogens with one attached hydrogen (secondary N) is 1. The maximum atomic E-state index is 11.8. The molecule has 1 aromatic carbocycles. The van der Waals surface area contributed by atoms with Crippen molar-refractivity contribution in [1.29, 1.82) is 0 Å². The lowest BCUT2D eigenvalue weighted by molar-refractivity contribution is 0.0952. The van der Waals surface area contributed by atoms with Crippen molar-refractivity contribution >= 4 is 35.6 Å². The van der Waals surface area contributed by atoms with Crippen molar-refractivity contribution in [2.45, 2.75) is 20.3 Å². The van der Waals surface area contributed by atoms with Gasteiger partial charge in [-0.15, -0.1) is 24.0 Å². The quantitative estimate of drug-likeness (QED) is 0.436. The molecule has 3 N–H and O–H groups in total. The van der Waals surface area contributed by atoms with Crippen LogP contribution in [0.2, 0.25) is 0 Å². The maximum absolute atomic E-state index is 11.8. The van der Waals surface area contributed by atoms with Crippen LogP contribution >= 0.6 is 24.0 Å². The molecule has 0 heterocycles. The van der Waals surface area contributed by atoms with E-state index in [9.17, 15) is 4.79 Å². The van der Waals surface area contributed by atoms with Gasteiger partial charge in [-0.05, 0) is 50.3 Å². The van der Waals surface area contributed by atoms with Crippen LogP contribution in [0.25, 0.3) is 0 Å². The summed E-state index contributed by atoms with van der Waals surface area (Å²) in [6.07, 6.45) is 0.975. The van der Waals surface area contributed by atoms with E-state index in [2.05, 4.69) is 24.1 Å². The molecule has 0 spiro atoms. The van der Waals surface area contributed by atoms with Crippen LogP contribution in [0.5, 0.6) is 0 Å².